The van der Waals surface area contributed by atoms with Crippen LogP contribution in [-0.2, 0) is 6.54 Å². The molecule has 0 saturated carbocycles. The smallest absolute Gasteiger partial charge is 0.0462 e. The fraction of sp³-hybridized carbons (Fsp3) is 0.0588. The fourth-order valence-corrected chi connectivity index (χ4v) is 3.85. The first kappa shape index (κ1) is 24.6. The van der Waals surface area contributed by atoms with Crippen molar-refractivity contribution in [3.05, 3.63) is 169 Å². The lowest BCUT2D eigenvalue weighted by molar-refractivity contribution is 1.15. The Kier molecular flexibility index (Phi) is 8.72. The lowest BCUT2D eigenvalue weighted by Gasteiger charge is -2.27. The van der Waals surface area contributed by atoms with Crippen LogP contribution in [-0.4, -0.2) is 0 Å². The highest BCUT2D eigenvalue weighted by Gasteiger charge is 2.14. The number of hydrogen-bond acceptors (Lipinski definition) is 2. The quantitative estimate of drug-likeness (QED) is 0.256. The van der Waals surface area contributed by atoms with Crippen molar-refractivity contribution >= 4 is 22.8 Å². The lowest BCUT2D eigenvalue weighted by atomic mass is 10.1. The molecule has 0 amide bonds. The zero-order valence-electron chi connectivity index (χ0n) is 20.7. The minimum absolute atomic E-state index is 0.787. The molecular weight excluding hydrogens is 436 g/mol. The molecule has 5 rings (SSSR count). The van der Waals surface area contributed by atoms with E-state index in [1.807, 2.05) is 60.7 Å². The van der Waals surface area contributed by atoms with Gasteiger partial charge in [-0.1, -0.05) is 121 Å². The van der Waals surface area contributed by atoms with E-state index in [2.05, 4.69) is 109 Å². The van der Waals surface area contributed by atoms with E-state index >= 15 is 0 Å². The summed E-state index contributed by atoms with van der Waals surface area (Å²) < 4.78 is 0. The molecule has 0 atom stereocenters. The van der Waals surface area contributed by atoms with Crippen molar-refractivity contribution < 1.29 is 0 Å². The lowest BCUT2D eigenvalue weighted by Crippen LogP contribution is -2.14. The normalized spacial score (nSPS) is 10.0. The highest BCUT2D eigenvalue weighted by Crippen LogP contribution is 2.33. The van der Waals surface area contributed by atoms with Crippen molar-refractivity contribution in [1.82, 2.24) is 0 Å². The highest BCUT2D eigenvalue weighted by atomic mass is 15.1. The predicted octanol–water partition coefficient (Wildman–Crippen LogP) is 9.10. The molecule has 0 unspecified atom stereocenters. The third-order valence-electron chi connectivity index (χ3n) is 5.80. The standard InChI is InChI=1S/C27H24N2.C7H8/c1-22(24-11-5-2-6-12-24)29(26-15-9-4-10-16-26)27-19-17-23(18-20-27)21-28-25-13-7-3-8-14-25;1-7-5-3-2-4-6-7/h2-20,28H,1,21H2;2-6H,1H3. The van der Waals surface area contributed by atoms with Gasteiger partial charge in [0.2, 0.25) is 0 Å². The second-order valence-corrected chi connectivity index (χ2v) is 8.52. The summed E-state index contributed by atoms with van der Waals surface area (Å²) in [6.45, 7) is 7.26. The number of hydrogen-bond donors (Lipinski definition) is 1. The van der Waals surface area contributed by atoms with Gasteiger partial charge in [-0.05, 0) is 54.4 Å². The maximum Gasteiger partial charge on any atom is 0.0462 e. The van der Waals surface area contributed by atoms with Crippen LogP contribution >= 0.6 is 0 Å². The molecule has 178 valence electrons. The van der Waals surface area contributed by atoms with Crippen molar-refractivity contribution in [1.29, 1.82) is 0 Å². The largest absolute Gasteiger partial charge is 0.381 e. The zero-order valence-corrected chi connectivity index (χ0v) is 20.7. The molecule has 1 N–H and O–H groups in total. The monoisotopic (exact) mass is 468 g/mol. The second kappa shape index (κ2) is 12.8. The van der Waals surface area contributed by atoms with Gasteiger partial charge in [-0.2, -0.15) is 0 Å². The number of rotatable bonds is 7. The molecule has 0 radical (unpaired) electrons. The van der Waals surface area contributed by atoms with Crippen LogP contribution < -0.4 is 10.2 Å². The maximum atomic E-state index is 4.39. The van der Waals surface area contributed by atoms with Gasteiger partial charge < -0.3 is 10.2 Å². The number of para-hydroxylation sites is 2. The molecule has 0 aliphatic carbocycles. The third-order valence-corrected chi connectivity index (χ3v) is 5.80. The Morgan fingerprint density at radius 2 is 1.06 bits per heavy atom. The molecular formula is C34H32N2. The molecule has 0 aliphatic rings. The SMILES string of the molecule is C=C(c1ccccc1)N(c1ccccc1)c1ccc(CNc2ccccc2)cc1.Cc1ccccc1. The van der Waals surface area contributed by atoms with Crippen LogP contribution in [0.1, 0.15) is 16.7 Å². The summed E-state index contributed by atoms with van der Waals surface area (Å²) in [6.07, 6.45) is 0. The van der Waals surface area contributed by atoms with Gasteiger partial charge >= 0.3 is 0 Å². The fourth-order valence-electron chi connectivity index (χ4n) is 3.85. The molecule has 0 aliphatic heterocycles. The Morgan fingerprint density at radius 1 is 0.583 bits per heavy atom. The molecule has 2 nitrogen and oxygen atoms in total. The Bertz CT molecular complexity index is 1310. The number of aryl methyl sites for hydroxylation is 1. The molecule has 36 heavy (non-hydrogen) atoms. The van der Waals surface area contributed by atoms with Crippen LogP contribution in [0.25, 0.3) is 5.70 Å². The van der Waals surface area contributed by atoms with Gasteiger partial charge in [0.25, 0.3) is 0 Å². The van der Waals surface area contributed by atoms with Crippen LogP contribution in [0.2, 0.25) is 0 Å². The van der Waals surface area contributed by atoms with E-state index in [0.29, 0.717) is 0 Å². The van der Waals surface area contributed by atoms with E-state index in [4.69, 9.17) is 0 Å². The number of nitrogens with zero attached hydrogens (tertiary/aromatic N) is 1. The van der Waals surface area contributed by atoms with Gasteiger partial charge in [0.05, 0.1) is 0 Å². The van der Waals surface area contributed by atoms with Crippen LogP contribution in [0.5, 0.6) is 0 Å². The van der Waals surface area contributed by atoms with Crippen molar-refractivity contribution in [2.75, 3.05) is 10.2 Å². The minimum atomic E-state index is 0.787. The topological polar surface area (TPSA) is 15.3 Å². The highest BCUT2D eigenvalue weighted by molar-refractivity contribution is 5.86. The Balaban J connectivity index is 0.000000375. The predicted molar refractivity (Wildman–Crippen MR) is 155 cm³/mol. The van der Waals surface area contributed by atoms with Crippen LogP contribution in [0, 0.1) is 6.92 Å². The summed E-state index contributed by atoms with van der Waals surface area (Å²) in [5.41, 5.74) is 7.92. The van der Waals surface area contributed by atoms with Gasteiger partial charge in [0.1, 0.15) is 0 Å². The molecule has 2 heteroatoms. The molecule has 0 saturated heterocycles. The van der Waals surface area contributed by atoms with Crippen molar-refractivity contribution in [3.8, 4) is 0 Å². The zero-order chi connectivity index (χ0) is 25.0. The summed E-state index contributed by atoms with van der Waals surface area (Å²) in [5.74, 6) is 0. The Morgan fingerprint density at radius 3 is 1.58 bits per heavy atom. The maximum absolute atomic E-state index is 4.39. The van der Waals surface area contributed by atoms with E-state index in [-0.39, 0.29) is 0 Å². The van der Waals surface area contributed by atoms with Gasteiger partial charge in [-0.25, -0.2) is 0 Å². The first-order valence-electron chi connectivity index (χ1n) is 12.2. The van der Waals surface area contributed by atoms with Crippen molar-refractivity contribution in [3.63, 3.8) is 0 Å². The first-order chi connectivity index (χ1) is 17.7. The first-order valence-corrected chi connectivity index (χ1v) is 12.2. The summed E-state index contributed by atoms with van der Waals surface area (Å²) in [4.78, 5) is 2.20. The van der Waals surface area contributed by atoms with Gasteiger partial charge in [-0.3, -0.25) is 0 Å². The second-order valence-electron chi connectivity index (χ2n) is 8.52. The van der Waals surface area contributed by atoms with Crippen LogP contribution in [0.15, 0.2) is 152 Å². The number of anilines is 3. The van der Waals surface area contributed by atoms with Gasteiger partial charge in [0, 0.05) is 29.3 Å². The summed E-state index contributed by atoms with van der Waals surface area (Å²) in [6, 6.07) is 49.8. The molecule has 5 aromatic carbocycles. The van der Waals surface area contributed by atoms with Gasteiger partial charge in [0.15, 0.2) is 0 Å². The van der Waals surface area contributed by atoms with E-state index in [9.17, 15) is 0 Å². The van der Waals surface area contributed by atoms with E-state index in [1.54, 1.807) is 0 Å². The van der Waals surface area contributed by atoms with Crippen LogP contribution in [0.4, 0.5) is 17.1 Å². The molecule has 0 fully saturated rings. The molecule has 5 aromatic rings. The van der Waals surface area contributed by atoms with E-state index in [1.165, 1.54) is 11.1 Å². The molecule has 0 bridgehead atoms. The van der Waals surface area contributed by atoms with Gasteiger partial charge in [-0.15, -0.1) is 0 Å². The molecule has 0 spiro atoms. The number of nitrogens with one attached hydrogen (secondary N) is 1. The molecule has 0 aromatic heterocycles. The van der Waals surface area contributed by atoms with Crippen LogP contribution in [0.3, 0.4) is 0 Å². The summed E-state index contributed by atoms with van der Waals surface area (Å²) >= 11 is 0. The number of benzene rings is 5. The summed E-state index contributed by atoms with van der Waals surface area (Å²) in [7, 11) is 0. The van der Waals surface area contributed by atoms with Crippen molar-refractivity contribution in [2.45, 2.75) is 13.5 Å². The average molecular weight is 469 g/mol. The van der Waals surface area contributed by atoms with E-state index < -0.39 is 0 Å². The molecule has 0 heterocycles. The average Bonchev–Trinajstić information content (AvgIpc) is 2.95. The Hall–Kier alpha value is -4.56. The minimum Gasteiger partial charge on any atom is -0.381 e. The summed E-state index contributed by atoms with van der Waals surface area (Å²) in [5, 5.41) is 3.46. The third kappa shape index (κ3) is 6.97. The Labute approximate surface area is 215 Å². The van der Waals surface area contributed by atoms with E-state index in [0.717, 1.165) is 34.9 Å². The van der Waals surface area contributed by atoms with Crippen molar-refractivity contribution in [2.24, 2.45) is 0 Å².